The molecule has 2 aromatic rings. The highest BCUT2D eigenvalue weighted by atomic mass is 16.5. The van der Waals surface area contributed by atoms with Crippen molar-refractivity contribution < 1.29 is 4.74 Å². The van der Waals surface area contributed by atoms with Crippen LogP contribution in [0.25, 0.3) is 0 Å². The maximum Gasteiger partial charge on any atom is 0.253 e. The Bertz CT molecular complexity index is 865. The number of hydrogen-bond acceptors (Lipinski definition) is 6. The van der Waals surface area contributed by atoms with Gasteiger partial charge in [0, 0.05) is 26.2 Å². The Morgan fingerprint density at radius 1 is 1.07 bits per heavy atom. The van der Waals surface area contributed by atoms with Gasteiger partial charge >= 0.3 is 0 Å². The van der Waals surface area contributed by atoms with Crippen LogP contribution in [0.3, 0.4) is 0 Å². The van der Waals surface area contributed by atoms with Gasteiger partial charge in [-0.2, -0.15) is 0 Å². The van der Waals surface area contributed by atoms with E-state index in [-0.39, 0.29) is 11.4 Å². The monoisotopic (exact) mass is 383 g/mol. The van der Waals surface area contributed by atoms with Crippen molar-refractivity contribution in [2.45, 2.75) is 38.6 Å². The summed E-state index contributed by atoms with van der Waals surface area (Å²) in [6.07, 6.45) is 6.33. The number of fused-ring (bicyclic) bond motifs is 4. The molecule has 1 aliphatic carbocycles. The first-order valence-corrected chi connectivity index (χ1v) is 10.4. The van der Waals surface area contributed by atoms with E-state index >= 15 is 0 Å². The number of anilines is 2. The van der Waals surface area contributed by atoms with E-state index in [1.807, 2.05) is 6.07 Å². The lowest BCUT2D eigenvalue weighted by atomic mass is 9.84. The standard InChI is InChI=1S/C22H29N3O3/c23-19-20(22(27)21(19)26)24-9-2-10-28-18-4-1-3-17(11-18)14-25-12-15-5-6-16(13-25)8-7-15/h1,3-4,11,15-16,24H,2,5-10,12-14,23H2. The third-order valence-electron chi connectivity index (χ3n) is 6.14. The lowest BCUT2D eigenvalue weighted by Gasteiger charge is -2.22. The summed E-state index contributed by atoms with van der Waals surface area (Å²) in [5.74, 6) is 2.64. The van der Waals surface area contributed by atoms with Crippen molar-refractivity contribution in [3.63, 3.8) is 0 Å². The van der Waals surface area contributed by atoms with Gasteiger partial charge in [0.05, 0.1) is 6.61 Å². The van der Waals surface area contributed by atoms with E-state index in [2.05, 4.69) is 28.4 Å². The predicted molar refractivity (Wildman–Crippen MR) is 112 cm³/mol. The SMILES string of the molecule is Nc1c(NCCCOc2cccc(CN3CC4CCC(CC4)C3)c2)c(=O)c1=O. The van der Waals surface area contributed by atoms with Gasteiger partial charge < -0.3 is 15.8 Å². The van der Waals surface area contributed by atoms with Crippen molar-refractivity contribution in [2.75, 3.05) is 37.3 Å². The number of ether oxygens (including phenoxy) is 1. The van der Waals surface area contributed by atoms with Crippen molar-refractivity contribution in [1.82, 2.24) is 4.90 Å². The summed E-state index contributed by atoms with van der Waals surface area (Å²) in [7, 11) is 0. The van der Waals surface area contributed by atoms with Crippen LogP contribution in [0.1, 0.15) is 37.7 Å². The molecule has 0 unspecified atom stereocenters. The molecule has 2 bridgehead atoms. The Kier molecular flexibility index (Phi) is 5.67. The van der Waals surface area contributed by atoms with Gasteiger partial charge in [0.25, 0.3) is 10.9 Å². The molecule has 150 valence electrons. The summed E-state index contributed by atoms with van der Waals surface area (Å²) in [5, 5.41) is 2.92. The lowest BCUT2D eigenvalue weighted by molar-refractivity contribution is 0.243. The highest BCUT2D eigenvalue weighted by Crippen LogP contribution is 2.34. The maximum absolute atomic E-state index is 11.3. The number of nitrogen functional groups attached to an aromatic ring is 1. The van der Waals surface area contributed by atoms with E-state index < -0.39 is 10.9 Å². The zero-order valence-corrected chi connectivity index (χ0v) is 16.3. The highest BCUT2D eigenvalue weighted by molar-refractivity contribution is 5.71. The van der Waals surface area contributed by atoms with Crippen LogP contribution >= 0.6 is 0 Å². The molecule has 3 fully saturated rings. The molecule has 2 aliphatic heterocycles. The molecule has 0 spiro atoms. The molecular weight excluding hydrogens is 354 g/mol. The summed E-state index contributed by atoms with van der Waals surface area (Å²) in [5.41, 5.74) is 5.98. The lowest BCUT2D eigenvalue weighted by Crippen LogP contribution is -2.37. The second-order valence-electron chi connectivity index (χ2n) is 8.30. The van der Waals surface area contributed by atoms with Crippen molar-refractivity contribution in [2.24, 2.45) is 11.8 Å². The number of nitrogens with one attached hydrogen (secondary N) is 1. The molecule has 2 saturated heterocycles. The third kappa shape index (κ3) is 4.22. The summed E-state index contributed by atoms with van der Waals surface area (Å²) in [6, 6.07) is 8.35. The largest absolute Gasteiger partial charge is 0.494 e. The topological polar surface area (TPSA) is 84.7 Å². The molecule has 28 heavy (non-hydrogen) atoms. The van der Waals surface area contributed by atoms with Gasteiger partial charge in [-0.3, -0.25) is 14.5 Å². The van der Waals surface area contributed by atoms with Crippen molar-refractivity contribution in [3.05, 3.63) is 50.3 Å². The summed E-state index contributed by atoms with van der Waals surface area (Å²) in [6.45, 7) is 4.54. The molecule has 6 nitrogen and oxygen atoms in total. The fourth-order valence-corrected chi connectivity index (χ4v) is 4.58. The summed E-state index contributed by atoms with van der Waals surface area (Å²) in [4.78, 5) is 25.0. The van der Waals surface area contributed by atoms with Gasteiger partial charge in [0.1, 0.15) is 17.1 Å². The van der Waals surface area contributed by atoms with Crippen LogP contribution in [-0.2, 0) is 6.54 Å². The van der Waals surface area contributed by atoms with E-state index in [1.54, 1.807) is 0 Å². The van der Waals surface area contributed by atoms with E-state index in [0.29, 0.717) is 13.2 Å². The minimum atomic E-state index is -0.590. The van der Waals surface area contributed by atoms with Crippen LogP contribution in [-0.4, -0.2) is 31.1 Å². The van der Waals surface area contributed by atoms with Crippen LogP contribution in [0, 0.1) is 11.8 Å². The van der Waals surface area contributed by atoms with Gasteiger partial charge in [0.15, 0.2) is 0 Å². The zero-order chi connectivity index (χ0) is 19.5. The minimum Gasteiger partial charge on any atom is -0.494 e. The smallest absolute Gasteiger partial charge is 0.253 e. The molecular formula is C22H29N3O3. The number of hydrogen-bond donors (Lipinski definition) is 2. The zero-order valence-electron chi connectivity index (χ0n) is 16.3. The van der Waals surface area contributed by atoms with E-state index in [9.17, 15) is 9.59 Å². The van der Waals surface area contributed by atoms with Gasteiger partial charge in [-0.15, -0.1) is 0 Å². The van der Waals surface area contributed by atoms with Crippen LogP contribution < -0.4 is 26.6 Å². The average Bonchev–Trinajstić information content (AvgIpc) is 3.02. The van der Waals surface area contributed by atoms with Gasteiger partial charge in [-0.05, 0) is 61.6 Å². The van der Waals surface area contributed by atoms with Crippen molar-refractivity contribution in [1.29, 1.82) is 0 Å². The molecule has 0 aromatic heterocycles. The Hall–Kier alpha value is -2.34. The number of nitrogens with two attached hydrogens (primary N) is 1. The Balaban J connectivity index is 1.23. The Morgan fingerprint density at radius 2 is 1.79 bits per heavy atom. The highest BCUT2D eigenvalue weighted by Gasteiger charge is 2.29. The third-order valence-corrected chi connectivity index (χ3v) is 6.14. The molecule has 3 N–H and O–H groups in total. The molecule has 1 saturated carbocycles. The molecule has 0 amide bonds. The molecule has 2 aromatic carbocycles. The van der Waals surface area contributed by atoms with E-state index in [1.165, 1.54) is 44.3 Å². The first-order chi connectivity index (χ1) is 13.6. The van der Waals surface area contributed by atoms with Gasteiger partial charge in [-0.1, -0.05) is 12.1 Å². The Morgan fingerprint density at radius 3 is 2.46 bits per heavy atom. The molecule has 3 aliphatic rings. The minimum absolute atomic E-state index is 0.0422. The molecule has 0 radical (unpaired) electrons. The molecule has 2 heterocycles. The Labute approximate surface area is 165 Å². The molecule has 0 atom stereocenters. The fourth-order valence-electron chi connectivity index (χ4n) is 4.58. The van der Waals surface area contributed by atoms with E-state index in [0.717, 1.165) is 30.6 Å². The average molecular weight is 383 g/mol. The van der Waals surface area contributed by atoms with E-state index in [4.69, 9.17) is 10.5 Å². The maximum atomic E-state index is 11.3. The van der Waals surface area contributed by atoms with Crippen LogP contribution in [0.4, 0.5) is 11.4 Å². The normalized spacial score (nSPS) is 22.3. The van der Waals surface area contributed by atoms with Gasteiger partial charge in [0.2, 0.25) is 0 Å². The summed E-state index contributed by atoms with van der Waals surface area (Å²) >= 11 is 0. The number of rotatable bonds is 8. The number of benzene rings is 1. The van der Waals surface area contributed by atoms with Crippen LogP contribution in [0.5, 0.6) is 5.75 Å². The fraction of sp³-hybridized carbons (Fsp3) is 0.545. The second-order valence-corrected chi connectivity index (χ2v) is 8.30. The first kappa shape index (κ1) is 19.0. The quantitative estimate of drug-likeness (QED) is 0.538. The van der Waals surface area contributed by atoms with Crippen LogP contribution in [0.15, 0.2) is 33.9 Å². The van der Waals surface area contributed by atoms with Crippen molar-refractivity contribution >= 4 is 11.4 Å². The second kappa shape index (κ2) is 8.35. The predicted octanol–water partition coefficient (Wildman–Crippen LogP) is 2.37. The molecule has 5 rings (SSSR count). The van der Waals surface area contributed by atoms with Crippen molar-refractivity contribution in [3.8, 4) is 5.75 Å². The first-order valence-electron chi connectivity index (χ1n) is 10.4. The number of nitrogens with zero attached hydrogens (tertiary/aromatic N) is 1. The van der Waals surface area contributed by atoms with Gasteiger partial charge in [-0.25, -0.2) is 0 Å². The molecule has 6 heteroatoms. The van der Waals surface area contributed by atoms with Crippen LogP contribution in [0.2, 0.25) is 0 Å². The summed E-state index contributed by atoms with van der Waals surface area (Å²) < 4.78 is 5.87.